The molecule has 10 heavy (non-hydrogen) atoms. The van der Waals surface area contributed by atoms with Crippen LogP contribution in [0.2, 0.25) is 0 Å². The van der Waals surface area contributed by atoms with Crippen molar-refractivity contribution in [1.29, 1.82) is 0 Å². The van der Waals surface area contributed by atoms with Gasteiger partial charge in [-0.25, -0.2) is 0 Å². The van der Waals surface area contributed by atoms with E-state index in [1.165, 1.54) is 25.7 Å². The molecule has 1 aliphatic carbocycles. The molecule has 0 nitrogen and oxygen atoms in total. The summed E-state index contributed by atoms with van der Waals surface area (Å²) in [6, 6.07) is 0. The van der Waals surface area contributed by atoms with Crippen LogP contribution in [0.1, 0.15) is 53.4 Å². The second-order valence-corrected chi connectivity index (χ2v) is 1.41. The Balaban J connectivity index is -0.0000000729. The van der Waals surface area contributed by atoms with Crippen molar-refractivity contribution in [3.05, 3.63) is 13.2 Å². The quantitative estimate of drug-likeness (QED) is 0.442. The molecule has 0 amide bonds. The van der Waals surface area contributed by atoms with Crippen LogP contribution in [0.25, 0.3) is 0 Å². The maximum absolute atomic E-state index is 3.00. The maximum Gasteiger partial charge on any atom is -0.0533 e. The fourth-order valence-corrected chi connectivity index (χ4v) is 0.250. The van der Waals surface area contributed by atoms with Gasteiger partial charge in [0.2, 0.25) is 0 Å². The smallest absolute Gasteiger partial charge is 0.0533 e. The summed E-state index contributed by atoms with van der Waals surface area (Å²) >= 11 is 0. The summed E-state index contributed by atoms with van der Waals surface area (Å²) in [7, 11) is 0. The molecule has 0 bridgehead atoms. The van der Waals surface area contributed by atoms with Crippen LogP contribution in [0.15, 0.2) is 13.2 Å². The highest BCUT2D eigenvalue weighted by molar-refractivity contribution is 4.50. The van der Waals surface area contributed by atoms with Gasteiger partial charge >= 0.3 is 0 Å². The number of hydrogen-bond donors (Lipinski definition) is 0. The van der Waals surface area contributed by atoms with Crippen molar-refractivity contribution in [2.24, 2.45) is 0 Å². The van der Waals surface area contributed by atoms with Crippen LogP contribution in [0.4, 0.5) is 0 Å². The lowest BCUT2D eigenvalue weighted by molar-refractivity contribution is 0.504. The molecule has 0 unspecified atom stereocenters. The average Bonchev–Trinajstić information content (AvgIpc) is 1.96. The highest BCUT2D eigenvalue weighted by atomic mass is 14.0. The molecule has 1 aliphatic rings. The van der Waals surface area contributed by atoms with Gasteiger partial charge in [-0.3, -0.25) is 0 Å². The van der Waals surface area contributed by atoms with E-state index in [9.17, 15) is 0 Å². The zero-order chi connectivity index (χ0) is 8.83. The third-order valence-corrected chi connectivity index (χ3v) is 1.000. The minimum atomic E-state index is 1.50. The van der Waals surface area contributed by atoms with Crippen molar-refractivity contribution in [1.82, 2.24) is 0 Å². The molecular weight excluding hydrogens is 120 g/mol. The van der Waals surface area contributed by atoms with Crippen molar-refractivity contribution in [3.8, 4) is 0 Å². The van der Waals surface area contributed by atoms with E-state index in [1.54, 1.807) is 0 Å². The second kappa shape index (κ2) is 37.4. The fourth-order valence-electron chi connectivity index (χ4n) is 0.250. The van der Waals surface area contributed by atoms with Gasteiger partial charge in [0.15, 0.2) is 0 Å². The molecule has 1 rings (SSSR count). The molecule has 0 spiro atoms. The van der Waals surface area contributed by atoms with E-state index in [4.69, 9.17) is 0 Å². The van der Waals surface area contributed by atoms with Gasteiger partial charge in [-0.1, -0.05) is 53.4 Å². The lowest BCUT2D eigenvalue weighted by Gasteiger charge is -2.05. The lowest BCUT2D eigenvalue weighted by atomic mass is 10.0. The maximum atomic E-state index is 3.00. The van der Waals surface area contributed by atoms with E-state index in [-0.39, 0.29) is 0 Å². The molecule has 0 heterocycles. The summed E-state index contributed by atoms with van der Waals surface area (Å²) in [4.78, 5) is 0. The van der Waals surface area contributed by atoms with E-state index in [1.807, 2.05) is 27.7 Å². The summed E-state index contributed by atoms with van der Waals surface area (Å²) in [5.74, 6) is 0. The van der Waals surface area contributed by atoms with Crippen molar-refractivity contribution in [3.63, 3.8) is 0 Å². The van der Waals surface area contributed by atoms with Gasteiger partial charge in [-0.05, 0) is 0 Å². The predicted molar refractivity (Wildman–Crippen MR) is 52.4 cm³/mol. The standard InChI is InChI=1S/C4H8.2C2H6.C2H4/c1-2-4-3-1;3*1-2/h1-4H2;2*1-2H3;1-2H2. The highest BCUT2D eigenvalue weighted by Crippen LogP contribution is 2.15. The predicted octanol–water partition coefficient (Wildman–Crippen LogP) is 4.42. The van der Waals surface area contributed by atoms with Crippen molar-refractivity contribution >= 4 is 0 Å². The molecule has 0 heteroatoms. The van der Waals surface area contributed by atoms with Crippen LogP contribution < -0.4 is 0 Å². The Morgan fingerprint density at radius 3 is 0.700 bits per heavy atom. The van der Waals surface area contributed by atoms with Crippen LogP contribution in [0.5, 0.6) is 0 Å². The third-order valence-electron chi connectivity index (χ3n) is 1.000. The molecule has 0 aromatic rings. The Morgan fingerprint density at radius 2 is 0.700 bits per heavy atom. The van der Waals surface area contributed by atoms with Crippen molar-refractivity contribution in [2.75, 3.05) is 0 Å². The first kappa shape index (κ1) is 16.4. The van der Waals surface area contributed by atoms with Crippen molar-refractivity contribution in [2.45, 2.75) is 53.4 Å². The van der Waals surface area contributed by atoms with Gasteiger partial charge in [0.05, 0.1) is 0 Å². The van der Waals surface area contributed by atoms with Gasteiger partial charge in [0.25, 0.3) is 0 Å². The SMILES string of the molecule is C1CCC1.C=C.CC.CC. The Kier molecular flexibility index (Phi) is 61.3. The topological polar surface area (TPSA) is 0 Å². The van der Waals surface area contributed by atoms with E-state index in [2.05, 4.69) is 13.2 Å². The van der Waals surface area contributed by atoms with E-state index >= 15 is 0 Å². The van der Waals surface area contributed by atoms with Crippen molar-refractivity contribution < 1.29 is 0 Å². The second-order valence-electron chi connectivity index (χ2n) is 1.41. The Hall–Kier alpha value is -0.260. The molecule has 0 saturated heterocycles. The summed E-state index contributed by atoms with van der Waals surface area (Å²) in [6.45, 7) is 14.0. The Labute approximate surface area is 67.3 Å². The van der Waals surface area contributed by atoms with Gasteiger partial charge in [-0.2, -0.15) is 0 Å². The van der Waals surface area contributed by atoms with Gasteiger partial charge in [0, 0.05) is 0 Å². The molecular formula is C10H24. The zero-order valence-corrected chi connectivity index (χ0v) is 8.24. The lowest BCUT2D eigenvalue weighted by Crippen LogP contribution is -1.85. The largest absolute Gasteiger partial charge is 0.106 e. The summed E-state index contributed by atoms with van der Waals surface area (Å²) in [6.07, 6.45) is 6.00. The summed E-state index contributed by atoms with van der Waals surface area (Å²) in [5, 5.41) is 0. The van der Waals surface area contributed by atoms with Gasteiger partial charge < -0.3 is 0 Å². The first-order valence-electron chi connectivity index (χ1n) is 4.50. The van der Waals surface area contributed by atoms with Gasteiger partial charge in [0.1, 0.15) is 0 Å². The number of hydrogen-bond acceptors (Lipinski definition) is 0. The number of rotatable bonds is 0. The third kappa shape index (κ3) is 25.1. The Morgan fingerprint density at radius 1 is 0.600 bits per heavy atom. The minimum absolute atomic E-state index is 1.50. The molecule has 0 radical (unpaired) electrons. The molecule has 0 N–H and O–H groups in total. The summed E-state index contributed by atoms with van der Waals surface area (Å²) in [5.41, 5.74) is 0. The zero-order valence-electron chi connectivity index (χ0n) is 8.24. The first-order chi connectivity index (χ1) is 5.00. The molecule has 0 atom stereocenters. The van der Waals surface area contributed by atoms with E-state index in [0.29, 0.717) is 0 Å². The normalized spacial score (nSPS) is 11.2. The Bertz CT molecular complexity index is 15.2. The molecule has 64 valence electrons. The molecule has 1 fully saturated rings. The molecule has 0 aromatic heterocycles. The molecule has 0 aromatic carbocycles. The highest BCUT2D eigenvalue weighted by Gasteiger charge is 1.95. The van der Waals surface area contributed by atoms with Crippen LogP contribution in [0, 0.1) is 0 Å². The minimum Gasteiger partial charge on any atom is -0.106 e. The average molecular weight is 144 g/mol. The fraction of sp³-hybridized carbons (Fsp3) is 0.800. The summed E-state index contributed by atoms with van der Waals surface area (Å²) < 4.78 is 0. The van der Waals surface area contributed by atoms with Crippen LogP contribution in [0.3, 0.4) is 0 Å². The molecule has 0 aliphatic heterocycles. The monoisotopic (exact) mass is 144 g/mol. The molecule has 1 saturated carbocycles. The van der Waals surface area contributed by atoms with Crippen LogP contribution in [-0.2, 0) is 0 Å². The van der Waals surface area contributed by atoms with E-state index in [0.717, 1.165) is 0 Å². The van der Waals surface area contributed by atoms with Crippen LogP contribution in [-0.4, -0.2) is 0 Å². The first-order valence-corrected chi connectivity index (χ1v) is 4.50. The van der Waals surface area contributed by atoms with Gasteiger partial charge in [-0.15, -0.1) is 13.2 Å². The van der Waals surface area contributed by atoms with Crippen LogP contribution >= 0.6 is 0 Å². The van der Waals surface area contributed by atoms with E-state index < -0.39 is 0 Å².